The van der Waals surface area contributed by atoms with Crippen molar-refractivity contribution >= 4 is 18.7 Å². The Labute approximate surface area is 207 Å². The molecule has 3 atom stereocenters. The van der Waals surface area contributed by atoms with Crippen molar-refractivity contribution in [2.24, 2.45) is 11.8 Å². The Kier molecular flexibility index (Phi) is 9.07. The molecule has 34 heavy (non-hydrogen) atoms. The van der Waals surface area contributed by atoms with Crippen LogP contribution in [0.1, 0.15) is 40.2 Å². The number of rotatable bonds is 11. The van der Waals surface area contributed by atoms with E-state index in [2.05, 4.69) is 126 Å². The van der Waals surface area contributed by atoms with E-state index in [1.54, 1.807) is 0 Å². The van der Waals surface area contributed by atoms with E-state index in [1.165, 1.54) is 15.9 Å². The molecule has 2 nitrogen and oxygen atoms in total. The molecule has 3 aromatic carbocycles. The highest BCUT2D eigenvalue weighted by Gasteiger charge is 2.50. The number of ether oxygens (including phenoxy) is 1. The first-order valence-electron chi connectivity index (χ1n) is 12.3. The second kappa shape index (κ2) is 11.8. The number of hydrogen-bond donors (Lipinski definition) is 0. The van der Waals surface area contributed by atoms with Crippen LogP contribution in [0.4, 0.5) is 0 Å². The summed E-state index contributed by atoms with van der Waals surface area (Å²) in [7, 11) is -2.57. The van der Waals surface area contributed by atoms with E-state index in [-0.39, 0.29) is 23.0 Å². The third kappa shape index (κ3) is 5.96. The Morgan fingerprint density at radius 2 is 1.26 bits per heavy atom. The molecular formula is C31H40O2Si. The fraction of sp³-hybridized carbons (Fsp3) is 0.355. The van der Waals surface area contributed by atoms with Gasteiger partial charge in [0.1, 0.15) is 0 Å². The number of hydrogen-bond acceptors (Lipinski definition) is 2. The van der Waals surface area contributed by atoms with E-state index in [9.17, 15) is 0 Å². The summed E-state index contributed by atoms with van der Waals surface area (Å²) in [5.74, 6) is 0.430. The molecule has 180 valence electrons. The fourth-order valence-corrected chi connectivity index (χ4v) is 9.52. The van der Waals surface area contributed by atoms with Gasteiger partial charge >= 0.3 is 0 Å². The van der Waals surface area contributed by atoms with Crippen molar-refractivity contribution in [2.45, 2.75) is 52.4 Å². The molecule has 0 aliphatic carbocycles. The third-order valence-corrected chi connectivity index (χ3v) is 11.7. The maximum Gasteiger partial charge on any atom is 0.261 e. The molecule has 0 saturated carbocycles. The summed E-state index contributed by atoms with van der Waals surface area (Å²) in [6.45, 7) is 16.7. The summed E-state index contributed by atoms with van der Waals surface area (Å²) in [4.78, 5) is 0. The van der Waals surface area contributed by atoms with Crippen LogP contribution in [0.5, 0.6) is 0 Å². The van der Waals surface area contributed by atoms with E-state index in [4.69, 9.17) is 9.16 Å². The molecule has 0 aromatic heterocycles. The van der Waals surface area contributed by atoms with Crippen molar-refractivity contribution < 1.29 is 9.16 Å². The molecule has 0 fully saturated rings. The Morgan fingerprint density at radius 1 is 0.794 bits per heavy atom. The van der Waals surface area contributed by atoms with Gasteiger partial charge in [-0.15, -0.1) is 6.58 Å². The van der Waals surface area contributed by atoms with Crippen LogP contribution in [0, 0.1) is 11.8 Å². The molecule has 0 radical (unpaired) electrons. The lowest BCUT2D eigenvalue weighted by atomic mass is 9.94. The Balaban J connectivity index is 1.90. The van der Waals surface area contributed by atoms with Crippen molar-refractivity contribution in [2.75, 3.05) is 6.61 Å². The molecule has 0 unspecified atom stereocenters. The van der Waals surface area contributed by atoms with Crippen molar-refractivity contribution in [1.29, 1.82) is 0 Å². The molecule has 3 rings (SSSR count). The second-order valence-electron chi connectivity index (χ2n) is 10.3. The predicted octanol–water partition coefficient (Wildman–Crippen LogP) is 6.61. The highest BCUT2D eigenvalue weighted by atomic mass is 28.4. The molecule has 0 heterocycles. The van der Waals surface area contributed by atoms with Crippen LogP contribution < -0.4 is 10.4 Å². The van der Waals surface area contributed by atoms with Gasteiger partial charge in [0.2, 0.25) is 0 Å². The topological polar surface area (TPSA) is 18.5 Å². The van der Waals surface area contributed by atoms with E-state index in [0.29, 0.717) is 13.2 Å². The van der Waals surface area contributed by atoms with Crippen molar-refractivity contribution in [3.63, 3.8) is 0 Å². The van der Waals surface area contributed by atoms with Crippen molar-refractivity contribution in [3.8, 4) is 0 Å². The third-order valence-electron chi connectivity index (χ3n) is 6.72. The maximum absolute atomic E-state index is 7.18. The zero-order valence-corrected chi connectivity index (χ0v) is 22.4. The van der Waals surface area contributed by atoms with E-state index >= 15 is 0 Å². The summed E-state index contributed by atoms with van der Waals surface area (Å²) in [6, 6.07) is 32.0. The molecule has 0 spiro atoms. The number of benzene rings is 3. The first-order valence-corrected chi connectivity index (χ1v) is 14.2. The van der Waals surface area contributed by atoms with Gasteiger partial charge in [-0.2, -0.15) is 0 Å². The standard InChI is InChI=1S/C31H40O2Si/c1-7-25(2)30(32-24-27-17-11-8-12-18-27)26(3)23-33-34(31(4,5)6,28-19-13-9-14-20-28)29-21-15-10-16-22-29/h7-22,25-26,30H,1,23-24H2,2-6H3/t25-,26+,30-/m0/s1. The molecule has 0 N–H and O–H groups in total. The lowest BCUT2D eigenvalue weighted by Crippen LogP contribution is -2.67. The van der Waals surface area contributed by atoms with Gasteiger partial charge < -0.3 is 9.16 Å². The summed E-state index contributed by atoms with van der Waals surface area (Å²) in [5, 5.41) is 2.57. The Hall–Kier alpha value is -2.46. The van der Waals surface area contributed by atoms with Crippen LogP contribution in [0.15, 0.2) is 104 Å². The van der Waals surface area contributed by atoms with Crippen LogP contribution in [0.3, 0.4) is 0 Å². The molecule has 0 saturated heterocycles. The maximum atomic E-state index is 7.18. The molecule has 0 amide bonds. The Morgan fingerprint density at radius 3 is 1.71 bits per heavy atom. The van der Waals surface area contributed by atoms with Gasteiger partial charge in [0.05, 0.1) is 12.7 Å². The minimum Gasteiger partial charge on any atom is -0.407 e. The monoisotopic (exact) mass is 472 g/mol. The van der Waals surface area contributed by atoms with Crippen LogP contribution in [0.25, 0.3) is 0 Å². The van der Waals surface area contributed by atoms with Crippen LogP contribution in [-0.4, -0.2) is 21.0 Å². The summed E-state index contributed by atoms with van der Waals surface area (Å²) in [5.41, 5.74) is 1.18. The van der Waals surface area contributed by atoms with Gasteiger partial charge in [-0.3, -0.25) is 0 Å². The fourth-order valence-electron chi connectivity index (χ4n) is 4.85. The van der Waals surface area contributed by atoms with Crippen LogP contribution in [0.2, 0.25) is 5.04 Å². The first kappa shape index (κ1) is 26.1. The first-order chi connectivity index (χ1) is 16.3. The lowest BCUT2D eigenvalue weighted by Gasteiger charge is -2.44. The summed E-state index contributed by atoms with van der Waals surface area (Å²) in [6.07, 6.45) is 2.02. The van der Waals surface area contributed by atoms with Gasteiger partial charge in [0.25, 0.3) is 8.32 Å². The smallest absolute Gasteiger partial charge is 0.261 e. The molecule has 3 heteroatoms. The predicted molar refractivity (Wildman–Crippen MR) is 147 cm³/mol. The SMILES string of the molecule is C=C[C@H](C)[C@H](OCc1ccccc1)[C@H](C)CO[Si](c1ccccc1)(c1ccccc1)C(C)(C)C. The van der Waals surface area contributed by atoms with Gasteiger partial charge in [-0.1, -0.05) is 132 Å². The van der Waals surface area contributed by atoms with Gasteiger partial charge in [-0.05, 0) is 21.0 Å². The van der Waals surface area contributed by atoms with Gasteiger partial charge in [-0.25, -0.2) is 0 Å². The highest BCUT2D eigenvalue weighted by molar-refractivity contribution is 6.99. The normalized spacial score (nSPS) is 14.9. The van der Waals surface area contributed by atoms with E-state index in [0.717, 1.165) is 0 Å². The second-order valence-corrected chi connectivity index (χ2v) is 14.6. The molecule has 0 aliphatic heterocycles. The van der Waals surface area contributed by atoms with Gasteiger partial charge in [0, 0.05) is 18.4 Å². The van der Waals surface area contributed by atoms with Gasteiger partial charge in [0.15, 0.2) is 0 Å². The molecule has 0 bridgehead atoms. The van der Waals surface area contributed by atoms with E-state index < -0.39 is 8.32 Å². The van der Waals surface area contributed by atoms with E-state index in [1.807, 2.05) is 12.1 Å². The quantitative estimate of drug-likeness (QED) is 0.231. The molecule has 0 aliphatic rings. The Bertz CT molecular complexity index is 956. The van der Waals surface area contributed by atoms with Crippen molar-refractivity contribution in [1.82, 2.24) is 0 Å². The minimum absolute atomic E-state index is 0.0240. The zero-order valence-electron chi connectivity index (χ0n) is 21.4. The summed E-state index contributed by atoms with van der Waals surface area (Å²) >= 11 is 0. The van der Waals surface area contributed by atoms with Crippen LogP contribution in [-0.2, 0) is 15.8 Å². The minimum atomic E-state index is -2.57. The largest absolute Gasteiger partial charge is 0.407 e. The highest BCUT2D eigenvalue weighted by Crippen LogP contribution is 2.37. The lowest BCUT2D eigenvalue weighted by molar-refractivity contribution is -0.0288. The molecular weight excluding hydrogens is 432 g/mol. The van der Waals surface area contributed by atoms with Crippen molar-refractivity contribution in [3.05, 3.63) is 109 Å². The summed E-state index contributed by atoms with van der Waals surface area (Å²) < 4.78 is 13.6. The average Bonchev–Trinajstić information content (AvgIpc) is 2.85. The molecule has 3 aromatic rings. The zero-order chi connectivity index (χ0) is 24.6. The van der Waals surface area contributed by atoms with Crippen LogP contribution >= 0.6 is 0 Å². The average molecular weight is 473 g/mol.